The largest absolute Gasteiger partial charge is 0.486 e. The van der Waals surface area contributed by atoms with Gasteiger partial charge in [-0.2, -0.15) is 0 Å². The molecule has 0 aliphatic rings. The number of nitrogens with two attached hydrogens (primary N) is 1. The van der Waals surface area contributed by atoms with Gasteiger partial charge >= 0.3 is 0 Å². The van der Waals surface area contributed by atoms with E-state index in [0.717, 1.165) is 68.6 Å². The van der Waals surface area contributed by atoms with Crippen molar-refractivity contribution in [2.75, 3.05) is 11.1 Å². The zero-order chi connectivity index (χ0) is 39.2. The lowest BCUT2D eigenvalue weighted by atomic mass is 10.1. The van der Waals surface area contributed by atoms with Gasteiger partial charge in [0, 0.05) is 18.3 Å². The van der Waals surface area contributed by atoms with Gasteiger partial charge in [0.2, 0.25) is 5.91 Å². The van der Waals surface area contributed by atoms with Gasteiger partial charge in [-0.05, 0) is 132 Å². The molecule has 6 aromatic carbocycles. The highest BCUT2D eigenvalue weighted by Gasteiger charge is 2.08. The number of nitrogen functional groups attached to an aromatic ring is 1. The van der Waals surface area contributed by atoms with Gasteiger partial charge in [-0.25, -0.2) is 9.97 Å². The lowest BCUT2D eigenvalue weighted by Gasteiger charge is -2.08. The Kier molecular flexibility index (Phi) is 12.2. The molecule has 0 saturated carbocycles. The van der Waals surface area contributed by atoms with Crippen LogP contribution in [0.3, 0.4) is 0 Å². The van der Waals surface area contributed by atoms with Crippen LogP contribution in [0.4, 0.5) is 11.4 Å². The maximum Gasteiger partial charge on any atom is 0.221 e. The highest BCUT2D eigenvalue weighted by molar-refractivity contribution is 5.88. The molecule has 0 saturated heterocycles. The Morgan fingerprint density at radius 2 is 0.912 bits per heavy atom. The lowest BCUT2D eigenvalue weighted by Crippen LogP contribution is -2.05. The fourth-order valence-corrected chi connectivity index (χ4v) is 5.52. The first kappa shape index (κ1) is 37.5. The number of anilines is 2. The third-order valence-electron chi connectivity index (χ3n) is 8.35. The quantitative estimate of drug-likeness (QED) is 0.0849. The van der Waals surface area contributed by atoms with E-state index < -0.39 is 0 Å². The topological polar surface area (TPSA) is 149 Å². The number of benzene rings is 6. The number of carbonyl (C=O) groups excluding carboxylic acids is 1. The first-order valence-corrected chi connectivity index (χ1v) is 18.1. The second-order valence-corrected chi connectivity index (χ2v) is 12.7. The van der Waals surface area contributed by atoms with E-state index >= 15 is 0 Å². The van der Waals surface area contributed by atoms with Crippen LogP contribution in [-0.4, -0.2) is 25.8 Å². The number of aromatic nitrogens is 4. The molecule has 8 rings (SSSR count). The van der Waals surface area contributed by atoms with Gasteiger partial charge in [-0.1, -0.05) is 36.4 Å². The summed E-state index contributed by atoms with van der Waals surface area (Å²) in [7, 11) is 0. The molecule has 2 aromatic heterocycles. The molecule has 0 spiro atoms. The smallest absolute Gasteiger partial charge is 0.221 e. The van der Waals surface area contributed by atoms with E-state index in [9.17, 15) is 4.79 Å². The Balaban J connectivity index is 0.000000175. The van der Waals surface area contributed by atoms with Gasteiger partial charge in [0.25, 0.3) is 0 Å². The number of hydrogen-bond donors (Lipinski definition) is 4. The van der Waals surface area contributed by atoms with E-state index in [-0.39, 0.29) is 5.91 Å². The van der Waals surface area contributed by atoms with Crippen LogP contribution in [0.5, 0.6) is 34.5 Å². The SMILES string of the molecule is CC(=O)Nc1ccc(Oc2ccc(-c3cnc(COc4ccccc4)[nH]3)cc2)cc1.Nc1ccc(Oc2ccc(-c3cnc(COc4ccccc4)[nH]3)cc2)cc1. The number of aromatic amines is 2. The zero-order valence-electron chi connectivity index (χ0n) is 31.1. The molecule has 11 nitrogen and oxygen atoms in total. The molecule has 0 radical (unpaired) electrons. The first-order valence-electron chi connectivity index (χ1n) is 18.1. The fourth-order valence-electron chi connectivity index (χ4n) is 5.52. The number of hydrogen-bond acceptors (Lipinski definition) is 8. The number of carbonyl (C=O) groups is 1. The van der Waals surface area contributed by atoms with Crippen LogP contribution >= 0.6 is 0 Å². The highest BCUT2D eigenvalue weighted by Crippen LogP contribution is 2.28. The van der Waals surface area contributed by atoms with Crippen molar-refractivity contribution in [1.82, 2.24) is 19.9 Å². The molecule has 0 aliphatic heterocycles. The number of rotatable bonds is 13. The molecule has 0 fully saturated rings. The number of nitrogens with zero attached hydrogens (tertiary/aromatic N) is 2. The van der Waals surface area contributed by atoms with E-state index in [1.165, 1.54) is 6.92 Å². The number of para-hydroxylation sites is 2. The highest BCUT2D eigenvalue weighted by atomic mass is 16.5. The molecule has 0 aliphatic carbocycles. The molecule has 5 N–H and O–H groups in total. The summed E-state index contributed by atoms with van der Waals surface area (Å²) in [6.07, 6.45) is 3.60. The Labute approximate surface area is 330 Å². The van der Waals surface area contributed by atoms with Gasteiger partial charge < -0.3 is 40.0 Å². The van der Waals surface area contributed by atoms with Crippen molar-refractivity contribution in [3.8, 4) is 57.0 Å². The second kappa shape index (κ2) is 18.5. The van der Waals surface area contributed by atoms with E-state index in [2.05, 4.69) is 25.3 Å². The van der Waals surface area contributed by atoms with E-state index in [1.54, 1.807) is 24.5 Å². The van der Waals surface area contributed by atoms with E-state index in [0.29, 0.717) is 24.7 Å². The van der Waals surface area contributed by atoms with Crippen molar-refractivity contribution in [2.24, 2.45) is 0 Å². The minimum Gasteiger partial charge on any atom is -0.486 e. The van der Waals surface area contributed by atoms with Crippen LogP contribution in [0.15, 0.2) is 170 Å². The standard InChI is InChI=1S/C24H21N3O3.C22H19N3O2/c1-17(28)26-19-9-13-22(14-10-19)30-21-11-7-18(8-12-21)23-15-25-24(27-23)16-29-20-5-3-2-4-6-20;23-17-8-12-20(13-9-17)27-19-10-6-16(7-11-19)21-14-24-22(25-21)15-26-18-4-2-1-3-5-18/h2-15H,16H2,1H3,(H,25,27)(H,26,28);1-14H,15,23H2,(H,24,25). The summed E-state index contributed by atoms with van der Waals surface area (Å²) < 4.78 is 23.1. The van der Waals surface area contributed by atoms with Gasteiger partial charge in [-0.15, -0.1) is 0 Å². The number of H-pyrrole nitrogens is 2. The number of ether oxygens (including phenoxy) is 4. The molecule has 8 aromatic rings. The number of amides is 1. The molecule has 11 heteroatoms. The van der Waals surface area contributed by atoms with Crippen LogP contribution in [0.2, 0.25) is 0 Å². The fraction of sp³-hybridized carbons (Fsp3) is 0.0652. The number of nitrogens with one attached hydrogen (secondary N) is 3. The third kappa shape index (κ3) is 11.1. The summed E-state index contributed by atoms with van der Waals surface area (Å²) in [6.45, 7) is 2.24. The third-order valence-corrected chi connectivity index (χ3v) is 8.35. The zero-order valence-corrected chi connectivity index (χ0v) is 31.1. The Bertz CT molecular complexity index is 2450. The molecule has 284 valence electrons. The van der Waals surface area contributed by atoms with Crippen molar-refractivity contribution < 1.29 is 23.7 Å². The van der Waals surface area contributed by atoms with Crippen molar-refractivity contribution >= 4 is 17.3 Å². The van der Waals surface area contributed by atoms with Crippen LogP contribution in [0.1, 0.15) is 18.6 Å². The summed E-state index contributed by atoms with van der Waals surface area (Å²) in [5.41, 5.74) is 11.0. The molecule has 1 amide bonds. The molecular weight excluding hydrogens is 717 g/mol. The maximum absolute atomic E-state index is 11.1. The number of imidazole rings is 2. The molecule has 0 atom stereocenters. The Morgan fingerprint density at radius 1 is 0.526 bits per heavy atom. The molecule has 2 heterocycles. The van der Waals surface area contributed by atoms with Crippen LogP contribution in [0, 0.1) is 0 Å². The van der Waals surface area contributed by atoms with Crippen molar-refractivity contribution in [2.45, 2.75) is 20.1 Å². The lowest BCUT2D eigenvalue weighted by molar-refractivity contribution is -0.114. The van der Waals surface area contributed by atoms with Gasteiger partial charge in [-0.3, -0.25) is 4.79 Å². The van der Waals surface area contributed by atoms with E-state index in [1.807, 2.05) is 146 Å². The summed E-state index contributed by atoms with van der Waals surface area (Å²) in [4.78, 5) is 26.4. The van der Waals surface area contributed by atoms with E-state index in [4.69, 9.17) is 24.7 Å². The predicted octanol–water partition coefficient (Wildman–Crippen LogP) is 10.4. The summed E-state index contributed by atoms with van der Waals surface area (Å²) in [5, 5.41) is 2.73. The van der Waals surface area contributed by atoms with Gasteiger partial charge in [0.05, 0.1) is 23.8 Å². The predicted molar refractivity (Wildman–Crippen MR) is 221 cm³/mol. The summed E-state index contributed by atoms with van der Waals surface area (Å²) >= 11 is 0. The van der Waals surface area contributed by atoms with Crippen LogP contribution < -0.4 is 30.0 Å². The van der Waals surface area contributed by atoms with Crippen LogP contribution in [0.25, 0.3) is 22.5 Å². The summed E-state index contributed by atoms with van der Waals surface area (Å²) in [6, 6.07) is 49.4. The van der Waals surface area contributed by atoms with Crippen molar-refractivity contribution in [3.63, 3.8) is 0 Å². The Morgan fingerprint density at radius 3 is 1.32 bits per heavy atom. The monoisotopic (exact) mass is 756 g/mol. The molecular formula is C46H40N6O5. The minimum absolute atomic E-state index is 0.104. The molecule has 0 unspecified atom stereocenters. The van der Waals surface area contributed by atoms with Crippen LogP contribution in [-0.2, 0) is 18.0 Å². The van der Waals surface area contributed by atoms with Crippen molar-refractivity contribution in [1.29, 1.82) is 0 Å². The molecule has 0 bridgehead atoms. The average molecular weight is 757 g/mol. The Hall–Kier alpha value is -7.79. The minimum atomic E-state index is -0.104. The normalized spacial score (nSPS) is 10.5. The van der Waals surface area contributed by atoms with Gasteiger partial charge in [0.15, 0.2) is 0 Å². The maximum atomic E-state index is 11.1. The average Bonchev–Trinajstić information content (AvgIpc) is 3.93. The van der Waals surface area contributed by atoms with Gasteiger partial charge in [0.1, 0.15) is 59.4 Å². The summed E-state index contributed by atoms with van der Waals surface area (Å²) in [5.74, 6) is 5.98. The molecule has 57 heavy (non-hydrogen) atoms. The first-order chi connectivity index (χ1) is 27.9. The van der Waals surface area contributed by atoms with Crippen molar-refractivity contribution in [3.05, 3.63) is 182 Å². The second-order valence-electron chi connectivity index (χ2n) is 12.7.